The molecule has 0 bridgehead atoms. The summed E-state index contributed by atoms with van der Waals surface area (Å²) in [7, 11) is 0. The highest BCUT2D eigenvalue weighted by molar-refractivity contribution is 6.32. The molecule has 6 heteroatoms. The van der Waals surface area contributed by atoms with E-state index in [1.165, 1.54) is 18.2 Å². The van der Waals surface area contributed by atoms with Gasteiger partial charge in [0, 0.05) is 18.6 Å². The maximum Gasteiger partial charge on any atom is 0.263 e. The van der Waals surface area contributed by atoms with Gasteiger partial charge in [-0.3, -0.25) is 4.79 Å². The molecule has 4 nitrogen and oxygen atoms in total. The molecule has 1 aliphatic rings. The van der Waals surface area contributed by atoms with Crippen molar-refractivity contribution in [2.24, 2.45) is 5.73 Å². The van der Waals surface area contributed by atoms with Crippen LogP contribution in [0.3, 0.4) is 0 Å². The summed E-state index contributed by atoms with van der Waals surface area (Å²) in [5.74, 6) is -0.245. The van der Waals surface area contributed by atoms with Gasteiger partial charge >= 0.3 is 0 Å². The van der Waals surface area contributed by atoms with E-state index in [0.29, 0.717) is 12.3 Å². The number of carbonyl (C=O) groups excluding carboxylic acids is 1. The monoisotopic (exact) mass is 328 g/mol. The van der Waals surface area contributed by atoms with Gasteiger partial charge in [0.15, 0.2) is 6.10 Å². The first-order chi connectivity index (χ1) is 10.4. The number of carbonyl (C=O) groups is 1. The molecule has 0 aliphatic carbocycles. The number of benzene rings is 1. The molecule has 0 spiro atoms. The molecule has 1 amide bonds. The van der Waals surface area contributed by atoms with Crippen LogP contribution < -0.4 is 10.5 Å². The molecule has 2 rings (SSSR count). The minimum absolute atomic E-state index is 0.0380. The van der Waals surface area contributed by atoms with Gasteiger partial charge in [-0.25, -0.2) is 4.39 Å². The first-order valence-electron chi connectivity index (χ1n) is 7.58. The normalized spacial score (nSPS) is 21.3. The number of ether oxygens (including phenoxy) is 1. The van der Waals surface area contributed by atoms with Crippen LogP contribution in [0.4, 0.5) is 4.39 Å². The van der Waals surface area contributed by atoms with Gasteiger partial charge < -0.3 is 15.4 Å². The van der Waals surface area contributed by atoms with Gasteiger partial charge in [-0.1, -0.05) is 11.6 Å². The number of rotatable bonds is 4. The van der Waals surface area contributed by atoms with Gasteiger partial charge in [0.25, 0.3) is 5.91 Å². The van der Waals surface area contributed by atoms with Crippen LogP contribution in [-0.2, 0) is 4.79 Å². The Kier molecular flexibility index (Phi) is 5.64. The molecular weight excluding hydrogens is 307 g/mol. The third kappa shape index (κ3) is 3.90. The predicted molar refractivity (Wildman–Crippen MR) is 84.5 cm³/mol. The first kappa shape index (κ1) is 17.0. The lowest BCUT2D eigenvalue weighted by molar-refractivity contribution is -0.142. The zero-order valence-corrected chi connectivity index (χ0v) is 13.6. The van der Waals surface area contributed by atoms with E-state index in [2.05, 4.69) is 0 Å². The number of likely N-dealkylation sites (tertiary alicyclic amines) is 1. The third-order valence-corrected chi connectivity index (χ3v) is 4.28. The molecule has 0 saturated carbocycles. The zero-order chi connectivity index (χ0) is 16.3. The Labute approximate surface area is 135 Å². The van der Waals surface area contributed by atoms with E-state index in [-0.39, 0.29) is 23.0 Å². The largest absolute Gasteiger partial charge is 0.479 e. The first-order valence-corrected chi connectivity index (χ1v) is 7.95. The Morgan fingerprint density at radius 1 is 1.45 bits per heavy atom. The Balaban J connectivity index is 2.07. The fraction of sp³-hybridized carbons (Fsp3) is 0.562. The smallest absolute Gasteiger partial charge is 0.263 e. The van der Waals surface area contributed by atoms with Crippen molar-refractivity contribution in [2.45, 2.75) is 51.3 Å². The van der Waals surface area contributed by atoms with E-state index in [1.807, 2.05) is 6.92 Å². The number of piperidine rings is 1. The number of hydrogen-bond donors (Lipinski definition) is 1. The van der Waals surface area contributed by atoms with Crippen molar-refractivity contribution in [1.29, 1.82) is 0 Å². The Morgan fingerprint density at radius 3 is 2.82 bits per heavy atom. The van der Waals surface area contributed by atoms with Crippen LogP contribution in [0.2, 0.25) is 5.02 Å². The maximum atomic E-state index is 13.0. The van der Waals surface area contributed by atoms with E-state index in [9.17, 15) is 9.18 Å². The minimum Gasteiger partial charge on any atom is -0.479 e. The van der Waals surface area contributed by atoms with Crippen molar-refractivity contribution in [3.63, 3.8) is 0 Å². The topological polar surface area (TPSA) is 55.6 Å². The lowest BCUT2D eigenvalue weighted by Gasteiger charge is -2.39. The standard InChI is InChI=1S/C16H22ClFN2O2/c1-10(19)14-5-3-4-8-20(14)16(21)11(2)22-15-7-6-12(18)9-13(15)17/h6-7,9-11,14H,3-5,8,19H2,1-2H3. The Morgan fingerprint density at radius 2 is 2.18 bits per heavy atom. The zero-order valence-electron chi connectivity index (χ0n) is 12.9. The van der Waals surface area contributed by atoms with Crippen LogP contribution in [0.5, 0.6) is 5.75 Å². The molecule has 22 heavy (non-hydrogen) atoms. The van der Waals surface area contributed by atoms with Crippen LogP contribution in [0.15, 0.2) is 18.2 Å². The fourth-order valence-corrected chi connectivity index (χ4v) is 3.03. The van der Waals surface area contributed by atoms with E-state index in [4.69, 9.17) is 22.1 Å². The van der Waals surface area contributed by atoms with E-state index >= 15 is 0 Å². The summed E-state index contributed by atoms with van der Waals surface area (Å²) in [5, 5.41) is 0.155. The van der Waals surface area contributed by atoms with E-state index < -0.39 is 11.9 Å². The van der Waals surface area contributed by atoms with Gasteiger partial charge in [-0.15, -0.1) is 0 Å². The molecule has 1 fully saturated rings. The fourth-order valence-electron chi connectivity index (χ4n) is 2.82. The summed E-state index contributed by atoms with van der Waals surface area (Å²) in [6, 6.07) is 3.81. The lowest BCUT2D eigenvalue weighted by atomic mass is 9.96. The van der Waals surface area contributed by atoms with Crippen LogP contribution in [0, 0.1) is 5.82 Å². The second kappa shape index (κ2) is 7.29. The molecule has 1 saturated heterocycles. The Hall–Kier alpha value is -1.33. The number of hydrogen-bond acceptors (Lipinski definition) is 3. The Bertz CT molecular complexity index is 539. The number of halogens is 2. The lowest BCUT2D eigenvalue weighted by Crippen LogP contribution is -2.54. The SMILES string of the molecule is CC(Oc1ccc(F)cc1Cl)C(=O)N1CCCCC1C(C)N. The van der Waals surface area contributed by atoms with Crippen LogP contribution in [0.1, 0.15) is 33.1 Å². The van der Waals surface area contributed by atoms with Crippen molar-refractivity contribution in [3.8, 4) is 5.75 Å². The molecule has 1 heterocycles. The van der Waals surface area contributed by atoms with Gasteiger partial charge in [0.05, 0.1) is 5.02 Å². The number of nitrogens with two attached hydrogens (primary N) is 1. The van der Waals surface area contributed by atoms with Crippen LogP contribution >= 0.6 is 11.6 Å². The van der Waals surface area contributed by atoms with Crippen molar-refractivity contribution < 1.29 is 13.9 Å². The average Bonchev–Trinajstić information content (AvgIpc) is 2.49. The summed E-state index contributed by atoms with van der Waals surface area (Å²) in [4.78, 5) is 14.4. The summed E-state index contributed by atoms with van der Waals surface area (Å²) in [6.07, 6.45) is 2.27. The minimum atomic E-state index is -0.692. The second-order valence-corrected chi connectivity index (χ2v) is 6.20. The van der Waals surface area contributed by atoms with Gasteiger partial charge in [0.2, 0.25) is 0 Å². The highest BCUT2D eigenvalue weighted by atomic mass is 35.5. The summed E-state index contributed by atoms with van der Waals surface area (Å²) < 4.78 is 18.7. The third-order valence-electron chi connectivity index (χ3n) is 3.98. The molecule has 3 atom stereocenters. The average molecular weight is 329 g/mol. The molecule has 1 aliphatic heterocycles. The van der Waals surface area contributed by atoms with Crippen molar-refractivity contribution >= 4 is 17.5 Å². The molecule has 0 aromatic heterocycles. The van der Waals surface area contributed by atoms with Crippen molar-refractivity contribution in [3.05, 3.63) is 29.0 Å². The van der Waals surface area contributed by atoms with E-state index in [1.54, 1.807) is 11.8 Å². The van der Waals surface area contributed by atoms with Crippen molar-refractivity contribution in [1.82, 2.24) is 4.90 Å². The molecule has 122 valence electrons. The molecule has 2 N–H and O–H groups in total. The van der Waals surface area contributed by atoms with E-state index in [0.717, 1.165) is 19.3 Å². The van der Waals surface area contributed by atoms with Crippen LogP contribution in [0.25, 0.3) is 0 Å². The number of amides is 1. The predicted octanol–water partition coefficient (Wildman–Crippen LogP) is 2.97. The highest BCUT2D eigenvalue weighted by Gasteiger charge is 2.32. The van der Waals surface area contributed by atoms with Gasteiger partial charge in [-0.2, -0.15) is 0 Å². The summed E-state index contributed by atoms with van der Waals surface area (Å²) in [6.45, 7) is 4.28. The quantitative estimate of drug-likeness (QED) is 0.924. The molecular formula is C16H22ClFN2O2. The highest BCUT2D eigenvalue weighted by Crippen LogP contribution is 2.27. The van der Waals surface area contributed by atoms with Crippen LogP contribution in [-0.4, -0.2) is 35.5 Å². The number of nitrogens with zero attached hydrogens (tertiary/aromatic N) is 1. The van der Waals surface area contributed by atoms with Crippen molar-refractivity contribution in [2.75, 3.05) is 6.54 Å². The van der Waals surface area contributed by atoms with Gasteiger partial charge in [-0.05, 0) is 51.3 Å². The molecule has 1 aromatic carbocycles. The van der Waals surface area contributed by atoms with Gasteiger partial charge in [0.1, 0.15) is 11.6 Å². The molecule has 0 radical (unpaired) electrons. The summed E-state index contributed by atoms with van der Waals surface area (Å²) in [5.41, 5.74) is 5.99. The summed E-state index contributed by atoms with van der Waals surface area (Å²) >= 11 is 5.93. The molecule has 3 unspecified atom stereocenters. The molecule has 1 aromatic rings. The maximum absolute atomic E-state index is 13.0. The second-order valence-electron chi connectivity index (χ2n) is 5.79.